The summed E-state index contributed by atoms with van der Waals surface area (Å²) in [5.41, 5.74) is 5.79. The van der Waals surface area contributed by atoms with Crippen molar-refractivity contribution < 1.29 is 9.59 Å². The van der Waals surface area contributed by atoms with Crippen LogP contribution in [-0.4, -0.2) is 28.9 Å². The van der Waals surface area contributed by atoms with Crippen molar-refractivity contribution in [2.45, 2.75) is 58.4 Å². The highest BCUT2D eigenvalue weighted by atomic mass is 32.1. The van der Waals surface area contributed by atoms with Crippen LogP contribution in [0.1, 0.15) is 52.1 Å². The molecule has 23 heavy (non-hydrogen) atoms. The molecule has 1 aromatic heterocycles. The van der Waals surface area contributed by atoms with E-state index in [9.17, 15) is 9.59 Å². The molecule has 128 valence electrons. The van der Waals surface area contributed by atoms with Crippen LogP contribution in [0.15, 0.2) is 5.38 Å². The number of carbonyl (C=O) groups excluding carboxylic acids is 2. The lowest BCUT2D eigenvalue weighted by molar-refractivity contribution is -0.123. The molecular formula is C16H26N4O2S. The zero-order chi connectivity index (χ0) is 17.1. The van der Waals surface area contributed by atoms with Crippen LogP contribution in [0.2, 0.25) is 0 Å². The van der Waals surface area contributed by atoms with Gasteiger partial charge in [-0.2, -0.15) is 0 Å². The second-order valence-corrected chi connectivity index (χ2v) is 8.12. The average molecular weight is 338 g/mol. The molecule has 1 fully saturated rings. The van der Waals surface area contributed by atoms with E-state index in [1.54, 1.807) is 0 Å². The fraction of sp³-hybridized carbons (Fsp3) is 0.688. The Morgan fingerprint density at radius 1 is 1.35 bits per heavy atom. The molecule has 0 bridgehead atoms. The average Bonchev–Trinajstić information content (AvgIpc) is 3.08. The number of carbonyl (C=O) groups is 2. The summed E-state index contributed by atoms with van der Waals surface area (Å²) in [6.45, 7) is 6.01. The molecule has 4 N–H and O–H groups in total. The number of hydrogen-bond acceptors (Lipinski definition) is 5. The fourth-order valence-electron chi connectivity index (χ4n) is 2.67. The molecule has 6 nitrogen and oxygen atoms in total. The monoisotopic (exact) mass is 338 g/mol. The number of aromatic nitrogens is 1. The molecule has 0 unspecified atom stereocenters. The summed E-state index contributed by atoms with van der Waals surface area (Å²) >= 11 is 1.34. The Morgan fingerprint density at radius 2 is 2.00 bits per heavy atom. The predicted octanol–water partition coefficient (Wildman–Crippen LogP) is 2.06. The SMILES string of the molecule is CC(C)(C)C(=O)Nc1nc(CC(=O)NC2(CN)CCCC2)cs1. The number of nitrogens with two attached hydrogens (primary N) is 1. The number of rotatable bonds is 5. The van der Waals surface area contributed by atoms with Gasteiger partial charge in [-0.25, -0.2) is 4.98 Å². The van der Waals surface area contributed by atoms with Gasteiger partial charge in [0.25, 0.3) is 0 Å². The lowest BCUT2D eigenvalue weighted by Gasteiger charge is -2.28. The molecule has 0 aliphatic heterocycles. The van der Waals surface area contributed by atoms with E-state index in [2.05, 4.69) is 15.6 Å². The highest BCUT2D eigenvalue weighted by Crippen LogP contribution is 2.28. The van der Waals surface area contributed by atoms with Gasteiger partial charge in [0.2, 0.25) is 11.8 Å². The largest absolute Gasteiger partial charge is 0.349 e. The first-order valence-corrected chi connectivity index (χ1v) is 8.89. The van der Waals surface area contributed by atoms with E-state index in [1.165, 1.54) is 11.3 Å². The van der Waals surface area contributed by atoms with E-state index < -0.39 is 5.41 Å². The van der Waals surface area contributed by atoms with Crippen molar-refractivity contribution in [2.75, 3.05) is 11.9 Å². The maximum Gasteiger partial charge on any atom is 0.231 e. The summed E-state index contributed by atoms with van der Waals surface area (Å²) in [4.78, 5) is 28.5. The Kier molecular flexibility index (Phi) is 5.41. The van der Waals surface area contributed by atoms with Gasteiger partial charge in [-0.15, -0.1) is 11.3 Å². The van der Waals surface area contributed by atoms with E-state index in [-0.39, 0.29) is 23.8 Å². The maximum atomic E-state index is 12.2. The van der Waals surface area contributed by atoms with Crippen molar-refractivity contribution in [1.29, 1.82) is 0 Å². The number of anilines is 1. The van der Waals surface area contributed by atoms with Crippen LogP contribution in [0.5, 0.6) is 0 Å². The lowest BCUT2D eigenvalue weighted by atomic mass is 9.96. The van der Waals surface area contributed by atoms with Crippen molar-refractivity contribution in [3.05, 3.63) is 11.1 Å². The van der Waals surface area contributed by atoms with Gasteiger partial charge in [0, 0.05) is 17.3 Å². The third-order valence-corrected chi connectivity index (χ3v) is 4.96. The second kappa shape index (κ2) is 6.97. The Labute approximate surface area is 141 Å². The van der Waals surface area contributed by atoms with Crippen molar-refractivity contribution in [2.24, 2.45) is 11.1 Å². The zero-order valence-corrected chi connectivity index (χ0v) is 14.9. The smallest absolute Gasteiger partial charge is 0.231 e. The minimum atomic E-state index is -0.473. The van der Waals surface area contributed by atoms with Gasteiger partial charge < -0.3 is 16.4 Å². The van der Waals surface area contributed by atoms with Crippen molar-refractivity contribution in [1.82, 2.24) is 10.3 Å². The summed E-state index contributed by atoms with van der Waals surface area (Å²) in [6, 6.07) is 0. The highest BCUT2D eigenvalue weighted by Gasteiger charge is 2.33. The molecule has 0 aromatic carbocycles. The molecule has 0 radical (unpaired) electrons. The second-order valence-electron chi connectivity index (χ2n) is 7.26. The third-order valence-electron chi connectivity index (χ3n) is 4.15. The van der Waals surface area contributed by atoms with Crippen LogP contribution in [0.25, 0.3) is 0 Å². The Balaban J connectivity index is 1.91. The molecule has 2 rings (SSSR count). The van der Waals surface area contributed by atoms with Crippen molar-refractivity contribution in [3.63, 3.8) is 0 Å². The topological polar surface area (TPSA) is 97.1 Å². The van der Waals surface area contributed by atoms with Crippen LogP contribution < -0.4 is 16.4 Å². The standard InChI is InChI=1S/C16H26N4O2S/c1-15(2,3)13(22)19-14-18-11(9-23-14)8-12(21)20-16(10-17)6-4-5-7-16/h9H,4-8,10,17H2,1-3H3,(H,20,21)(H,18,19,22). The Hall–Kier alpha value is -1.47. The molecule has 1 aliphatic carbocycles. The van der Waals surface area contributed by atoms with Crippen molar-refractivity contribution in [3.8, 4) is 0 Å². The number of hydrogen-bond donors (Lipinski definition) is 3. The van der Waals surface area contributed by atoms with Crippen LogP contribution in [0.3, 0.4) is 0 Å². The molecule has 2 amide bonds. The van der Waals surface area contributed by atoms with Crippen LogP contribution in [0.4, 0.5) is 5.13 Å². The summed E-state index contributed by atoms with van der Waals surface area (Å²) in [7, 11) is 0. The molecular weight excluding hydrogens is 312 g/mol. The summed E-state index contributed by atoms with van der Waals surface area (Å²) in [6.07, 6.45) is 4.32. The third kappa shape index (κ3) is 4.75. The molecule has 1 heterocycles. The van der Waals surface area contributed by atoms with Gasteiger partial charge in [-0.05, 0) is 12.8 Å². The molecule has 0 atom stereocenters. The highest BCUT2D eigenvalue weighted by molar-refractivity contribution is 7.13. The van der Waals surface area contributed by atoms with Crippen LogP contribution in [0, 0.1) is 5.41 Å². The molecule has 1 saturated carbocycles. The normalized spacial score (nSPS) is 17.0. The van der Waals surface area contributed by atoms with Crippen molar-refractivity contribution >= 4 is 28.3 Å². The summed E-state index contributed by atoms with van der Waals surface area (Å²) in [5.74, 6) is -0.146. The lowest BCUT2D eigenvalue weighted by Crippen LogP contribution is -2.52. The number of thiazole rings is 1. The summed E-state index contributed by atoms with van der Waals surface area (Å²) in [5, 5.41) is 8.20. The van der Waals surface area contributed by atoms with E-state index in [0.717, 1.165) is 25.7 Å². The predicted molar refractivity (Wildman–Crippen MR) is 92.3 cm³/mol. The van der Waals surface area contributed by atoms with Gasteiger partial charge in [-0.1, -0.05) is 33.6 Å². The van der Waals surface area contributed by atoms with Gasteiger partial charge in [0.1, 0.15) is 0 Å². The Morgan fingerprint density at radius 3 is 2.57 bits per heavy atom. The first-order valence-electron chi connectivity index (χ1n) is 8.01. The quantitative estimate of drug-likeness (QED) is 0.765. The van der Waals surface area contributed by atoms with Gasteiger partial charge in [-0.3, -0.25) is 9.59 Å². The van der Waals surface area contributed by atoms with E-state index in [4.69, 9.17) is 5.73 Å². The number of amides is 2. The minimum Gasteiger partial charge on any atom is -0.349 e. The van der Waals surface area contributed by atoms with Gasteiger partial charge in [0.15, 0.2) is 5.13 Å². The van der Waals surface area contributed by atoms with E-state index >= 15 is 0 Å². The van der Waals surface area contributed by atoms with Gasteiger partial charge >= 0.3 is 0 Å². The first-order chi connectivity index (χ1) is 10.7. The molecule has 0 spiro atoms. The van der Waals surface area contributed by atoms with Gasteiger partial charge in [0.05, 0.1) is 17.7 Å². The van der Waals surface area contributed by atoms with E-state index in [0.29, 0.717) is 17.4 Å². The molecule has 0 saturated heterocycles. The molecule has 1 aromatic rings. The van der Waals surface area contributed by atoms with E-state index in [1.807, 2.05) is 26.2 Å². The molecule has 7 heteroatoms. The number of nitrogens with zero attached hydrogens (tertiary/aromatic N) is 1. The van der Waals surface area contributed by atoms with Crippen LogP contribution in [-0.2, 0) is 16.0 Å². The maximum absolute atomic E-state index is 12.2. The summed E-state index contributed by atoms with van der Waals surface area (Å²) < 4.78 is 0. The minimum absolute atomic E-state index is 0.0589. The first kappa shape index (κ1) is 17.9. The Bertz CT molecular complexity index is 571. The molecule has 1 aliphatic rings. The van der Waals surface area contributed by atoms with Crippen LogP contribution >= 0.6 is 11.3 Å². The number of nitrogens with one attached hydrogen (secondary N) is 2. The zero-order valence-electron chi connectivity index (χ0n) is 14.1. The fourth-order valence-corrected chi connectivity index (χ4v) is 3.37.